The molecule has 0 spiro atoms. The lowest BCUT2D eigenvalue weighted by Crippen LogP contribution is -2.53. The van der Waals surface area contributed by atoms with Crippen LogP contribution >= 0.6 is 11.6 Å². The maximum atomic E-state index is 13.0. The first-order valence-corrected chi connectivity index (χ1v) is 10.5. The van der Waals surface area contributed by atoms with Gasteiger partial charge in [-0.25, -0.2) is 10.9 Å². The molecule has 2 fully saturated rings. The summed E-state index contributed by atoms with van der Waals surface area (Å²) in [5.74, 6) is 1.04. The summed E-state index contributed by atoms with van der Waals surface area (Å²) in [6.07, 6.45) is 0.740. The van der Waals surface area contributed by atoms with E-state index in [1.807, 2.05) is 48.2 Å². The van der Waals surface area contributed by atoms with Gasteiger partial charge in [0.15, 0.2) is 0 Å². The molecule has 2 N–H and O–H groups in total. The van der Waals surface area contributed by atoms with Crippen molar-refractivity contribution in [2.24, 2.45) is 0 Å². The molecule has 0 saturated carbocycles. The number of hydrogen-bond donors (Lipinski definition) is 2. The Labute approximate surface area is 176 Å². The van der Waals surface area contributed by atoms with Gasteiger partial charge in [-0.15, -0.1) is 0 Å². The highest BCUT2D eigenvalue weighted by atomic mass is 35.5. The van der Waals surface area contributed by atoms with Gasteiger partial charge in [0, 0.05) is 42.9 Å². The largest absolute Gasteiger partial charge is 0.494 e. The van der Waals surface area contributed by atoms with Crippen molar-refractivity contribution >= 4 is 23.2 Å². The lowest BCUT2D eigenvalue weighted by atomic mass is 10.0. The van der Waals surface area contributed by atoms with Gasteiger partial charge in [0.05, 0.1) is 6.61 Å². The summed E-state index contributed by atoms with van der Waals surface area (Å²) in [6, 6.07) is 15.9. The van der Waals surface area contributed by atoms with Crippen LogP contribution in [0, 0.1) is 0 Å². The van der Waals surface area contributed by atoms with Gasteiger partial charge in [0.25, 0.3) is 0 Å². The number of nitrogens with zero attached hydrogens (tertiary/aromatic N) is 2. The number of carbonyl (C=O) groups is 1. The van der Waals surface area contributed by atoms with E-state index in [-0.39, 0.29) is 18.0 Å². The standard InChI is InChI=1S/C22H27ClN4O2/c1-2-29-19-9-3-16(4-10-19)20-15-21(25-24-20)22(28)27-13-11-26(12-14-27)18-7-5-17(23)6-8-18/h3-10,20-21,24-25H,2,11-15H2,1H3. The first-order valence-electron chi connectivity index (χ1n) is 10.2. The predicted molar refractivity (Wildman–Crippen MR) is 115 cm³/mol. The summed E-state index contributed by atoms with van der Waals surface area (Å²) in [7, 11) is 0. The van der Waals surface area contributed by atoms with E-state index >= 15 is 0 Å². The Kier molecular flexibility index (Phi) is 6.23. The topological polar surface area (TPSA) is 56.8 Å². The quantitative estimate of drug-likeness (QED) is 0.787. The summed E-state index contributed by atoms with van der Waals surface area (Å²) >= 11 is 5.98. The molecule has 2 saturated heterocycles. The molecular weight excluding hydrogens is 388 g/mol. The Morgan fingerprint density at radius 2 is 1.72 bits per heavy atom. The molecule has 2 aliphatic heterocycles. The highest BCUT2D eigenvalue weighted by molar-refractivity contribution is 6.30. The average Bonchev–Trinajstić information content (AvgIpc) is 3.25. The van der Waals surface area contributed by atoms with Crippen molar-refractivity contribution in [3.8, 4) is 5.75 Å². The molecule has 1 amide bonds. The average molecular weight is 415 g/mol. The Morgan fingerprint density at radius 3 is 2.38 bits per heavy atom. The van der Waals surface area contributed by atoms with E-state index in [0.29, 0.717) is 6.61 Å². The number of anilines is 1. The molecule has 2 aromatic rings. The highest BCUT2D eigenvalue weighted by Gasteiger charge is 2.34. The van der Waals surface area contributed by atoms with Crippen molar-refractivity contribution in [2.75, 3.05) is 37.7 Å². The van der Waals surface area contributed by atoms with Crippen molar-refractivity contribution in [2.45, 2.75) is 25.4 Å². The molecule has 2 unspecified atom stereocenters. The molecule has 2 aromatic carbocycles. The van der Waals surface area contributed by atoms with Gasteiger partial charge in [-0.3, -0.25) is 4.79 Å². The number of hydrogen-bond acceptors (Lipinski definition) is 5. The monoisotopic (exact) mass is 414 g/mol. The molecule has 154 valence electrons. The molecule has 6 nitrogen and oxygen atoms in total. The molecule has 2 aliphatic rings. The number of piperazine rings is 1. The van der Waals surface area contributed by atoms with Crippen molar-refractivity contribution in [1.29, 1.82) is 0 Å². The van der Waals surface area contributed by atoms with E-state index in [1.165, 1.54) is 0 Å². The minimum Gasteiger partial charge on any atom is -0.494 e. The Morgan fingerprint density at radius 1 is 1.03 bits per heavy atom. The second kappa shape index (κ2) is 9.03. The number of amides is 1. The molecule has 2 atom stereocenters. The molecule has 0 aliphatic carbocycles. The van der Waals surface area contributed by atoms with Crippen LogP contribution in [0.15, 0.2) is 48.5 Å². The molecule has 0 aromatic heterocycles. The minimum atomic E-state index is -0.200. The fraction of sp³-hybridized carbons (Fsp3) is 0.409. The van der Waals surface area contributed by atoms with Crippen LogP contribution in [-0.4, -0.2) is 49.6 Å². The van der Waals surface area contributed by atoms with Crippen molar-refractivity contribution in [3.05, 3.63) is 59.1 Å². The highest BCUT2D eigenvalue weighted by Crippen LogP contribution is 2.26. The number of benzene rings is 2. The number of hydrazine groups is 1. The third kappa shape index (κ3) is 4.66. The van der Waals surface area contributed by atoms with Gasteiger partial charge in [-0.05, 0) is 55.3 Å². The normalized spacial score (nSPS) is 22.0. The van der Waals surface area contributed by atoms with Gasteiger partial charge < -0.3 is 14.5 Å². The van der Waals surface area contributed by atoms with Crippen LogP contribution in [0.2, 0.25) is 5.02 Å². The van der Waals surface area contributed by atoms with E-state index in [4.69, 9.17) is 16.3 Å². The molecule has 0 bridgehead atoms. The van der Waals surface area contributed by atoms with E-state index in [1.54, 1.807) is 0 Å². The summed E-state index contributed by atoms with van der Waals surface area (Å²) in [4.78, 5) is 17.2. The number of halogens is 1. The third-order valence-electron chi connectivity index (χ3n) is 5.58. The van der Waals surface area contributed by atoms with Gasteiger partial charge in [0.1, 0.15) is 11.8 Å². The SMILES string of the molecule is CCOc1ccc(C2CC(C(=O)N3CCN(c4ccc(Cl)cc4)CC3)NN2)cc1. The van der Waals surface area contributed by atoms with Crippen LogP contribution in [0.1, 0.15) is 24.9 Å². The number of carbonyl (C=O) groups excluding carboxylic acids is 1. The zero-order valence-electron chi connectivity index (χ0n) is 16.6. The fourth-order valence-corrected chi connectivity index (χ4v) is 4.08. The predicted octanol–water partition coefficient (Wildman–Crippen LogP) is 3.00. The molecule has 4 rings (SSSR count). The lowest BCUT2D eigenvalue weighted by molar-refractivity contribution is -0.133. The zero-order chi connectivity index (χ0) is 20.2. The molecule has 29 heavy (non-hydrogen) atoms. The first-order chi connectivity index (χ1) is 14.1. The summed E-state index contributed by atoms with van der Waals surface area (Å²) in [5.41, 5.74) is 8.77. The van der Waals surface area contributed by atoms with E-state index in [2.05, 4.69) is 27.9 Å². The minimum absolute atomic E-state index is 0.120. The number of nitrogens with one attached hydrogen (secondary N) is 2. The zero-order valence-corrected chi connectivity index (χ0v) is 17.4. The number of rotatable bonds is 5. The second-order valence-corrected chi connectivity index (χ2v) is 7.86. The summed E-state index contributed by atoms with van der Waals surface area (Å²) in [6.45, 7) is 5.75. The molecule has 2 heterocycles. The van der Waals surface area contributed by atoms with Crippen LogP contribution in [0.25, 0.3) is 0 Å². The Balaban J connectivity index is 1.30. The maximum Gasteiger partial charge on any atom is 0.241 e. The van der Waals surface area contributed by atoms with E-state index < -0.39 is 0 Å². The van der Waals surface area contributed by atoms with Crippen LogP contribution < -0.4 is 20.5 Å². The second-order valence-electron chi connectivity index (χ2n) is 7.42. The van der Waals surface area contributed by atoms with E-state index in [9.17, 15) is 4.79 Å². The molecular formula is C22H27ClN4O2. The summed E-state index contributed by atoms with van der Waals surface area (Å²) < 4.78 is 5.50. The van der Waals surface area contributed by atoms with Gasteiger partial charge in [-0.1, -0.05) is 23.7 Å². The third-order valence-corrected chi connectivity index (χ3v) is 5.83. The van der Waals surface area contributed by atoms with E-state index in [0.717, 1.165) is 54.6 Å². The van der Waals surface area contributed by atoms with Crippen LogP contribution in [0.4, 0.5) is 5.69 Å². The van der Waals surface area contributed by atoms with Crippen LogP contribution in [0.5, 0.6) is 5.75 Å². The summed E-state index contributed by atoms with van der Waals surface area (Å²) in [5, 5.41) is 0.740. The maximum absolute atomic E-state index is 13.0. The van der Waals surface area contributed by atoms with Crippen molar-refractivity contribution in [1.82, 2.24) is 15.8 Å². The van der Waals surface area contributed by atoms with Gasteiger partial charge in [0.2, 0.25) is 5.91 Å². The number of ether oxygens (including phenoxy) is 1. The molecule has 0 radical (unpaired) electrons. The van der Waals surface area contributed by atoms with Crippen molar-refractivity contribution < 1.29 is 9.53 Å². The fourth-order valence-electron chi connectivity index (χ4n) is 3.96. The first kappa shape index (κ1) is 20.0. The smallest absolute Gasteiger partial charge is 0.241 e. The Bertz CT molecular complexity index is 820. The van der Waals surface area contributed by atoms with Crippen molar-refractivity contribution in [3.63, 3.8) is 0 Å². The van der Waals surface area contributed by atoms with Gasteiger partial charge in [-0.2, -0.15) is 0 Å². The van der Waals surface area contributed by atoms with Gasteiger partial charge >= 0.3 is 0 Å². The van der Waals surface area contributed by atoms with Crippen LogP contribution in [-0.2, 0) is 4.79 Å². The molecule has 7 heteroatoms. The lowest BCUT2D eigenvalue weighted by Gasteiger charge is -2.37. The Hall–Kier alpha value is -2.28. The van der Waals surface area contributed by atoms with Crippen LogP contribution in [0.3, 0.4) is 0 Å².